The Hall–Kier alpha value is -0.940. The molecule has 1 amide bonds. The lowest BCUT2D eigenvalue weighted by Crippen LogP contribution is -2.40. The zero-order valence-electron chi connectivity index (χ0n) is 12.5. The van der Waals surface area contributed by atoms with E-state index < -0.39 is 5.54 Å². The van der Waals surface area contributed by atoms with Crippen molar-refractivity contribution in [1.82, 2.24) is 10.3 Å². The van der Waals surface area contributed by atoms with Gasteiger partial charge >= 0.3 is 0 Å². The Morgan fingerprint density at radius 1 is 1.37 bits per heavy atom. The van der Waals surface area contributed by atoms with Crippen LogP contribution in [0.1, 0.15) is 48.7 Å². The molecule has 1 rings (SSSR count). The summed E-state index contributed by atoms with van der Waals surface area (Å²) < 4.78 is 4.97. The number of thiazole rings is 1. The van der Waals surface area contributed by atoms with Gasteiger partial charge in [-0.1, -0.05) is 0 Å². The number of aryl methyl sites for hydroxylation is 2. The number of ether oxygens (including phenoxy) is 1. The van der Waals surface area contributed by atoms with Gasteiger partial charge in [-0.2, -0.15) is 0 Å². The predicted octanol–water partition coefficient (Wildman–Crippen LogP) is 2.93. The predicted molar refractivity (Wildman–Crippen MR) is 78.5 cm³/mol. The highest BCUT2D eigenvalue weighted by Gasteiger charge is 2.26. The molecule has 1 heterocycles. The standard InChI is InChI=1S/C14H24N2O2S/c1-10-11(2)19-13(15-10)14(3,4)16-12(17)8-6-7-9-18-5/h6-9H2,1-5H3,(H,16,17). The van der Waals surface area contributed by atoms with Gasteiger partial charge in [0.05, 0.1) is 11.2 Å². The van der Waals surface area contributed by atoms with E-state index >= 15 is 0 Å². The van der Waals surface area contributed by atoms with E-state index in [9.17, 15) is 4.79 Å². The van der Waals surface area contributed by atoms with Crippen molar-refractivity contribution in [3.63, 3.8) is 0 Å². The molecular weight excluding hydrogens is 260 g/mol. The molecule has 1 aromatic heterocycles. The summed E-state index contributed by atoms with van der Waals surface area (Å²) in [6, 6.07) is 0. The van der Waals surface area contributed by atoms with Crippen LogP contribution in [0.5, 0.6) is 0 Å². The number of nitrogens with one attached hydrogen (secondary N) is 1. The van der Waals surface area contributed by atoms with Crippen molar-refractivity contribution in [2.75, 3.05) is 13.7 Å². The number of rotatable bonds is 7. The maximum absolute atomic E-state index is 11.9. The van der Waals surface area contributed by atoms with E-state index in [4.69, 9.17) is 4.74 Å². The molecule has 0 spiro atoms. The first-order valence-corrected chi connectivity index (χ1v) is 7.43. The zero-order chi connectivity index (χ0) is 14.5. The average molecular weight is 284 g/mol. The molecule has 108 valence electrons. The highest BCUT2D eigenvalue weighted by atomic mass is 32.1. The first kappa shape index (κ1) is 16.1. The molecule has 1 N–H and O–H groups in total. The van der Waals surface area contributed by atoms with Gasteiger partial charge in [0.25, 0.3) is 0 Å². The van der Waals surface area contributed by atoms with Crippen molar-refractivity contribution in [2.45, 2.75) is 52.5 Å². The molecular formula is C14H24N2O2S. The molecule has 0 bridgehead atoms. The lowest BCUT2D eigenvalue weighted by atomic mass is 10.1. The molecule has 0 aromatic carbocycles. The fourth-order valence-corrected chi connectivity index (χ4v) is 2.71. The Balaban J connectivity index is 2.51. The van der Waals surface area contributed by atoms with E-state index in [1.807, 2.05) is 20.8 Å². The van der Waals surface area contributed by atoms with E-state index in [1.165, 1.54) is 4.88 Å². The Bertz CT molecular complexity index is 408. The number of amides is 1. The van der Waals surface area contributed by atoms with E-state index in [2.05, 4.69) is 17.2 Å². The summed E-state index contributed by atoms with van der Waals surface area (Å²) in [7, 11) is 1.68. The summed E-state index contributed by atoms with van der Waals surface area (Å²) in [6.45, 7) is 8.76. The maximum Gasteiger partial charge on any atom is 0.220 e. The Kier molecular flexibility index (Phi) is 5.94. The van der Waals surface area contributed by atoms with Crippen LogP contribution in [0.3, 0.4) is 0 Å². The van der Waals surface area contributed by atoms with Crippen LogP contribution in [-0.2, 0) is 15.1 Å². The fourth-order valence-electron chi connectivity index (χ4n) is 1.74. The quantitative estimate of drug-likeness (QED) is 0.783. The summed E-state index contributed by atoms with van der Waals surface area (Å²) in [4.78, 5) is 17.6. The number of carbonyl (C=O) groups is 1. The second-order valence-corrected chi connectivity index (χ2v) is 6.49. The summed E-state index contributed by atoms with van der Waals surface area (Å²) in [5, 5.41) is 4.02. The molecule has 0 radical (unpaired) electrons. The molecule has 0 saturated heterocycles. The number of unbranched alkanes of at least 4 members (excludes halogenated alkanes) is 1. The van der Waals surface area contributed by atoms with Crippen molar-refractivity contribution in [2.24, 2.45) is 0 Å². The molecule has 19 heavy (non-hydrogen) atoms. The van der Waals surface area contributed by atoms with E-state index in [0.29, 0.717) is 13.0 Å². The molecule has 0 fully saturated rings. The lowest BCUT2D eigenvalue weighted by Gasteiger charge is -2.23. The third-order valence-corrected chi connectivity index (χ3v) is 4.41. The van der Waals surface area contributed by atoms with Crippen LogP contribution in [0, 0.1) is 13.8 Å². The minimum atomic E-state index is -0.401. The summed E-state index contributed by atoms with van der Waals surface area (Å²) >= 11 is 1.65. The molecule has 0 aliphatic carbocycles. The fraction of sp³-hybridized carbons (Fsp3) is 0.714. The smallest absolute Gasteiger partial charge is 0.220 e. The third-order valence-electron chi connectivity index (χ3n) is 3.02. The van der Waals surface area contributed by atoms with Gasteiger partial charge < -0.3 is 10.1 Å². The molecule has 1 aromatic rings. The second kappa shape index (κ2) is 7.01. The largest absolute Gasteiger partial charge is 0.385 e. The lowest BCUT2D eigenvalue weighted by molar-refractivity contribution is -0.122. The van der Waals surface area contributed by atoms with Crippen LogP contribution in [0.25, 0.3) is 0 Å². The number of carbonyl (C=O) groups excluding carboxylic acids is 1. The number of nitrogens with zero attached hydrogens (tertiary/aromatic N) is 1. The molecule has 0 aliphatic heterocycles. The minimum Gasteiger partial charge on any atom is -0.385 e. The highest BCUT2D eigenvalue weighted by Crippen LogP contribution is 2.27. The number of hydrogen-bond acceptors (Lipinski definition) is 4. The second-order valence-electron chi connectivity index (χ2n) is 5.28. The van der Waals surface area contributed by atoms with Crippen molar-refractivity contribution in [1.29, 1.82) is 0 Å². The number of methoxy groups -OCH3 is 1. The van der Waals surface area contributed by atoms with E-state index in [0.717, 1.165) is 23.5 Å². The van der Waals surface area contributed by atoms with Gasteiger partial charge in [0.2, 0.25) is 5.91 Å². The zero-order valence-corrected chi connectivity index (χ0v) is 13.3. The average Bonchev–Trinajstić information content (AvgIpc) is 2.66. The van der Waals surface area contributed by atoms with Gasteiger partial charge in [-0.15, -0.1) is 11.3 Å². The first-order chi connectivity index (χ1) is 8.86. The summed E-state index contributed by atoms with van der Waals surface area (Å²) in [5.74, 6) is 0.0756. The van der Waals surface area contributed by atoms with Crippen LogP contribution in [0.15, 0.2) is 0 Å². The maximum atomic E-state index is 11.9. The van der Waals surface area contributed by atoms with E-state index in [-0.39, 0.29) is 5.91 Å². The third kappa shape index (κ3) is 4.91. The SMILES string of the molecule is COCCCCC(=O)NC(C)(C)c1nc(C)c(C)s1. The van der Waals surface area contributed by atoms with Gasteiger partial charge in [-0.05, 0) is 40.5 Å². The van der Waals surface area contributed by atoms with Crippen molar-refractivity contribution in [3.05, 3.63) is 15.6 Å². The molecule has 0 saturated carbocycles. The van der Waals surface area contributed by atoms with Crippen LogP contribution >= 0.6 is 11.3 Å². The molecule has 4 nitrogen and oxygen atoms in total. The monoisotopic (exact) mass is 284 g/mol. The number of hydrogen-bond donors (Lipinski definition) is 1. The topological polar surface area (TPSA) is 51.2 Å². The minimum absolute atomic E-state index is 0.0756. The van der Waals surface area contributed by atoms with Gasteiger partial charge in [-0.25, -0.2) is 4.98 Å². The molecule has 0 aliphatic rings. The summed E-state index contributed by atoms with van der Waals surface area (Å²) in [5.41, 5.74) is 0.643. The molecule has 5 heteroatoms. The molecule has 0 atom stereocenters. The van der Waals surface area contributed by atoms with Gasteiger partial charge in [-0.3, -0.25) is 4.79 Å². The summed E-state index contributed by atoms with van der Waals surface area (Å²) in [6.07, 6.45) is 2.31. The highest BCUT2D eigenvalue weighted by molar-refractivity contribution is 7.11. The first-order valence-electron chi connectivity index (χ1n) is 6.61. The van der Waals surface area contributed by atoms with Gasteiger partial charge in [0, 0.05) is 25.0 Å². The van der Waals surface area contributed by atoms with Crippen molar-refractivity contribution < 1.29 is 9.53 Å². The van der Waals surface area contributed by atoms with Gasteiger partial charge in [0.15, 0.2) is 0 Å². The van der Waals surface area contributed by atoms with Crippen LogP contribution in [0.4, 0.5) is 0 Å². The number of aromatic nitrogens is 1. The van der Waals surface area contributed by atoms with Crippen LogP contribution in [-0.4, -0.2) is 24.6 Å². The Morgan fingerprint density at radius 3 is 2.58 bits per heavy atom. The van der Waals surface area contributed by atoms with Crippen LogP contribution < -0.4 is 5.32 Å². The van der Waals surface area contributed by atoms with Crippen molar-refractivity contribution >= 4 is 17.2 Å². The van der Waals surface area contributed by atoms with Crippen molar-refractivity contribution in [3.8, 4) is 0 Å². The van der Waals surface area contributed by atoms with Gasteiger partial charge in [0.1, 0.15) is 5.01 Å². The Labute approximate surface area is 119 Å². The normalized spacial score (nSPS) is 11.6. The van der Waals surface area contributed by atoms with Crippen LogP contribution in [0.2, 0.25) is 0 Å². The van der Waals surface area contributed by atoms with E-state index in [1.54, 1.807) is 18.4 Å². The Morgan fingerprint density at radius 2 is 2.05 bits per heavy atom. The molecule has 0 unspecified atom stereocenters.